The van der Waals surface area contributed by atoms with Gasteiger partial charge in [0.2, 0.25) is 9.84 Å². The topological polar surface area (TPSA) is 44.0 Å². The van der Waals surface area contributed by atoms with Gasteiger partial charge in [-0.05, 0) is 36.4 Å². The second-order valence-corrected chi connectivity index (χ2v) is 8.04. The van der Waals surface area contributed by atoms with Crippen LogP contribution in [0, 0.1) is 0 Å². The number of rotatable bonds is 2. The standard InChI is InChI=1S/C20H18N2O2S/c1-21-11-5-7-15(21)13-19-17-9-3-4-10-18(17)20(25(19,23)24)14-16-8-6-12-22(16)2/h3-14H,1-2H3/b19-13+,20-14+. The molecule has 0 saturated heterocycles. The van der Waals surface area contributed by atoms with Crippen LogP contribution in [0.1, 0.15) is 22.5 Å². The highest BCUT2D eigenvalue weighted by molar-refractivity contribution is 8.10. The molecule has 126 valence electrons. The van der Waals surface area contributed by atoms with Crippen LogP contribution < -0.4 is 0 Å². The van der Waals surface area contributed by atoms with Crippen molar-refractivity contribution in [2.24, 2.45) is 14.1 Å². The van der Waals surface area contributed by atoms with Crippen molar-refractivity contribution in [2.75, 3.05) is 0 Å². The van der Waals surface area contributed by atoms with Gasteiger partial charge in [-0.1, -0.05) is 24.3 Å². The highest BCUT2D eigenvalue weighted by atomic mass is 32.2. The monoisotopic (exact) mass is 350 g/mol. The number of fused-ring (bicyclic) bond motifs is 1. The fraction of sp³-hybridized carbons (Fsp3) is 0.100. The maximum Gasteiger partial charge on any atom is 0.207 e. The molecule has 5 heteroatoms. The average molecular weight is 350 g/mol. The van der Waals surface area contributed by atoms with Crippen molar-refractivity contribution < 1.29 is 8.42 Å². The minimum absolute atomic E-state index is 0.352. The van der Waals surface area contributed by atoms with Crippen LogP contribution in [0.5, 0.6) is 0 Å². The van der Waals surface area contributed by atoms with Crippen LogP contribution in [0.2, 0.25) is 0 Å². The van der Waals surface area contributed by atoms with E-state index in [1.165, 1.54) is 0 Å². The van der Waals surface area contributed by atoms with Crippen LogP contribution in [0.25, 0.3) is 22.0 Å². The first-order chi connectivity index (χ1) is 12.0. The molecule has 1 aromatic carbocycles. The quantitative estimate of drug-likeness (QED) is 0.706. The summed E-state index contributed by atoms with van der Waals surface area (Å²) >= 11 is 0. The molecule has 0 unspecified atom stereocenters. The van der Waals surface area contributed by atoms with Gasteiger partial charge in [0.1, 0.15) is 0 Å². The van der Waals surface area contributed by atoms with E-state index in [1.54, 1.807) is 12.2 Å². The second kappa shape index (κ2) is 5.63. The summed E-state index contributed by atoms with van der Waals surface area (Å²) in [6.45, 7) is 0. The van der Waals surface area contributed by atoms with E-state index in [4.69, 9.17) is 0 Å². The van der Waals surface area contributed by atoms with Crippen LogP contribution >= 0.6 is 0 Å². The maximum absolute atomic E-state index is 13.3. The van der Waals surface area contributed by atoms with Crippen LogP contribution in [0.4, 0.5) is 0 Å². The van der Waals surface area contributed by atoms with Gasteiger partial charge < -0.3 is 9.13 Å². The summed E-state index contributed by atoms with van der Waals surface area (Å²) in [5.74, 6) is 0. The number of sulfone groups is 1. The molecule has 0 atom stereocenters. The molecule has 3 heterocycles. The Hall–Kier alpha value is -2.79. The minimum atomic E-state index is -3.58. The number of aromatic nitrogens is 2. The Morgan fingerprint density at radius 3 is 1.52 bits per heavy atom. The number of hydrogen-bond acceptors (Lipinski definition) is 2. The summed E-state index contributed by atoms with van der Waals surface area (Å²) in [6, 6.07) is 15.1. The zero-order chi connectivity index (χ0) is 17.6. The van der Waals surface area contributed by atoms with E-state index in [0.717, 1.165) is 22.5 Å². The Morgan fingerprint density at radius 1 is 0.720 bits per heavy atom. The first kappa shape index (κ1) is 15.7. The Balaban J connectivity index is 1.98. The highest BCUT2D eigenvalue weighted by Gasteiger charge is 2.36. The van der Waals surface area contributed by atoms with Gasteiger partial charge in [-0.2, -0.15) is 0 Å². The molecule has 0 amide bonds. The van der Waals surface area contributed by atoms with Gasteiger partial charge in [-0.15, -0.1) is 0 Å². The Kier molecular flexibility index (Phi) is 3.54. The number of benzene rings is 1. The summed E-state index contributed by atoms with van der Waals surface area (Å²) in [5, 5.41) is 0. The van der Waals surface area contributed by atoms with Crippen molar-refractivity contribution in [3.63, 3.8) is 0 Å². The van der Waals surface area contributed by atoms with E-state index >= 15 is 0 Å². The number of hydrogen-bond donors (Lipinski definition) is 0. The lowest BCUT2D eigenvalue weighted by Crippen LogP contribution is -1.98. The largest absolute Gasteiger partial charge is 0.351 e. The number of nitrogens with zero attached hydrogens (tertiary/aromatic N) is 2. The van der Waals surface area contributed by atoms with Gasteiger partial charge in [0.25, 0.3) is 0 Å². The molecule has 1 aliphatic rings. The third kappa shape index (κ3) is 2.48. The molecule has 0 bridgehead atoms. The van der Waals surface area contributed by atoms with Gasteiger partial charge in [0, 0.05) is 49.0 Å². The smallest absolute Gasteiger partial charge is 0.207 e. The zero-order valence-corrected chi connectivity index (χ0v) is 14.9. The van der Waals surface area contributed by atoms with E-state index in [2.05, 4.69) is 0 Å². The molecular weight excluding hydrogens is 332 g/mol. The van der Waals surface area contributed by atoms with Crippen molar-refractivity contribution in [2.45, 2.75) is 0 Å². The molecule has 25 heavy (non-hydrogen) atoms. The predicted molar refractivity (Wildman–Crippen MR) is 102 cm³/mol. The molecule has 2 aromatic heterocycles. The fourth-order valence-electron chi connectivity index (χ4n) is 3.15. The van der Waals surface area contributed by atoms with Gasteiger partial charge in [-0.3, -0.25) is 0 Å². The van der Waals surface area contributed by atoms with Crippen molar-refractivity contribution >= 4 is 31.8 Å². The fourth-order valence-corrected chi connectivity index (χ4v) is 4.87. The van der Waals surface area contributed by atoms with E-state index < -0.39 is 9.84 Å². The summed E-state index contributed by atoms with van der Waals surface area (Å²) in [6.07, 6.45) is 7.31. The molecule has 4 nitrogen and oxygen atoms in total. The summed E-state index contributed by atoms with van der Waals surface area (Å²) in [4.78, 5) is 0.704. The minimum Gasteiger partial charge on any atom is -0.351 e. The van der Waals surface area contributed by atoms with Crippen molar-refractivity contribution in [1.82, 2.24) is 9.13 Å². The van der Waals surface area contributed by atoms with Gasteiger partial charge in [0.15, 0.2) is 0 Å². The zero-order valence-electron chi connectivity index (χ0n) is 14.0. The Bertz CT molecular complexity index is 1040. The van der Waals surface area contributed by atoms with Crippen molar-refractivity contribution in [3.05, 3.63) is 83.4 Å². The predicted octanol–water partition coefficient (Wildman–Crippen LogP) is 3.79. The summed E-state index contributed by atoms with van der Waals surface area (Å²) in [7, 11) is 0.230. The van der Waals surface area contributed by atoms with Gasteiger partial charge in [0.05, 0.1) is 9.81 Å². The molecule has 0 saturated carbocycles. The molecule has 0 fully saturated rings. The lowest BCUT2D eigenvalue weighted by Gasteiger charge is -2.03. The third-order valence-corrected chi connectivity index (χ3v) is 6.40. The molecule has 0 spiro atoms. The van der Waals surface area contributed by atoms with Crippen LogP contribution in [-0.4, -0.2) is 17.6 Å². The molecule has 3 aromatic rings. The molecule has 1 aliphatic heterocycles. The first-order valence-electron chi connectivity index (χ1n) is 7.99. The number of aryl methyl sites for hydroxylation is 2. The molecular formula is C20H18N2O2S. The highest BCUT2D eigenvalue weighted by Crippen LogP contribution is 2.45. The van der Waals surface area contributed by atoms with Crippen LogP contribution in [0.3, 0.4) is 0 Å². The third-order valence-electron chi connectivity index (χ3n) is 4.56. The Morgan fingerprint density at radius 2 is 1.16 bits per heavy atom. The molecule has 4 rings (SSSR count). The normalized spacial score (nSPS) is 18.8. The van der Waals surface area contributed by atoms with E-state index in [1.807, 2.05) is 84.2 Å². The lowest BCUT2D eigenvalue weighted by molar-refractivity contribution is 0.616. The van der Waals surface area contributed by atoms with E-state index in [0.29, 0.717) is 9.81 Å². The first-order valence-corrected chi connectivity index (χ1v) is 9.48. The van der Waals surface area contributed by atoms with Crippen LogP contribution in [0.15, 0.2) is 60.9 Å². The molecule has 0 radical (unpaired) electrons. The van der Waals surface area contributed by atoms with Crippen molar-refractivity contribution in [3.8, 4) is 0 Å². The van der Waals surface area contributed by atoms with Gasteiger partial charge >= 0.3 is 0 Å². The Labute approximate surface area is 147 Å². The summed E-state index contributed by atoms with van der Waals surface area (Å²) < 4.78 is 30.4. The lowest BCUT2D eigenvalue weighted by atomic mass is 10.1. The van der Waals surface area contributed by atoms with Crippen molar-refractivity contribution in [1.29, 1.82) is 0 Å². The SMILES string of the molecule is Cn1cccc1/C=C1\c2ccccc2/C(=C\c2cccn2C)S1(=O)=O. The molecule has 0 aliphatic carbocycles. The summed E-state index contributed by atoms with van der Waals surface area (Å²) in [5.41, 5.74) is 3.22. The van der Waals surface area contributed by atoms with E-state index in [-0.39, 0.29) is 0 Å². The second-order valence-electron chi connectivity index (χ2n) is 6.15. The molecule has 0 N–H and O–H groups in total. The van der Waals surface area contributed by atoms with E-state index in [9.17, 15) is 8.42 Å². The van der Waals surface area contributed by atoms with Gasteiger partial charge in [-0.25, -0.2) is 8.42 Å². The maximum atomic E-state index is 13.3. The average Bonchev–Trinajstić information content (AvgIpc) is 3.23. The van der Waals surface area contributed by atoms with Crippen LogP contribution in [-0.2, 0) is 23.9 Å².